The van der Waals surface area contributed by atoms with Gasteiger partial charge in [-0.15, -0.1) is 10.2 Å². The second kappa shape index (κ2) is 9.09. The third-order valence-corrected chi connectivity index (χ3v) is 4.01. The molecule has 0 saturated heterocycles. The maximum Gasteiger partial charge on any atom is 0.408 e. The first-order chi connectivity index (χ1) is 12.6. The standard InChI is InChI=1S/C17H21ClN4O4S/c1-10(19-15(24)26-17(2,3)4)14-21-22-16(25-14)27-9-13(23)20-12-7-5-6-11(18)8-12/h5-8,10H,9H2,1-4H3,(H,19,24)(H,20,23). The summed E-state index contributed by atoms with van der Waals surface area (Å²) in [7, 11) is 0. The average Bonchev–Trinajstić information content (AvgIpc) is 3.00. The molecule has 2 amide bonds. The predicted molar refractivity (Wildman–Crippen MR) is 103 cm³/mol. The Morgan fingerprint density at radius 1 is 1.33 bits per heavy atom. The van der Waals surface area contributed by atoms with Crippen molar-refractivity contribution in [2.24, 2.45) is 0 Å². The summed E-state index contributed by atoms with van der Waals surface area (Å²) in [5, 5.41) is 13.8. The fourth-order valence-electron chi connectivity index (χ4n) is 1.89. The lowest BCUT2D eigenvalue weighted by atomic mass is 10.2. The van der Waals surface area contributed by atoms with Gasteiger partial charge in [-0.05, 0) is 45.9 Å². The van der Waals surface area contributed by atoms with Crippen LogP contribution in [0.4, 0.5) is 10.5 Å². The van der Waals surface area contributed by atoms with E-state index in [1.54, 1.807) is 52.0 Å². The van der Waals surface area contributed by atoms with Crippen LogP contribution in [0.2, 0.25) is 5.02 Å². The fraction of sp³-hybridized carbons (Fsp3) is 0.412. The number of carbonyl (C=O) groups is 2. The molecule has 2 rings (SSSR count). The van der Waals surface area contributed by atoms with Crippen molar-refractivity contribution in [3.8, 4) is 0 Å². The van der Waals surface area contributed by atoms with Crippen molar-refractivity contribution < 1.29 is 18.7 Å². The molecule has 1 unspecified atom stereocenters. The van der Waals surface area contributed by atoms with E-state index in [0.717, 1.165) is 11.8 Å². The Hall–Kier alpha value is -2.26. The summed E-state index contributed by atoms with van der Waals surface area (Å²) in [6.45, 7) is 7.01. The van der Waals surface area contributed by atoms with Crippen LogP contribution in [0.5, 0.6) is 0 Å². The first kappa shape index (κ1) is 21.0. The van der Waals surface area contributed by atoms with E-state index in [1.165, 1.54) is 0 Å². The minimum absolute atomic E-state index is 0.0853. The van der Waals surface area contributed by atoms with Crippen molar-refractivity contribution >= 4 is 41.1 Å². The van der Waals surface area contributed by atoms with Gasteiger partial charge in [-0.1, -0.05) is 29.4 Å². The molecule has 0 aliphatic rings. The molecular weight excluding hydrogens is 392 g/mol. The quantitative estimate of drug-likeness (QED) is 0.689. The molecule has 0 spiro atoms. The monoisotopic (exact) mass is 412 g/mol. The highest BCUT2D eigenvalue weighted by Gasteiger charge is 2.21. The van der Waals surface area contributed by atoms with Crippen LogP contribution in [0, 0.1) is 0 Å². The van der Waals surface area contributed by atoms with Crippen LogP contribution in [-0.2, 0) is 9.53 Å². The fourth-order valence-corrected chi connectivity index (χ4v) is 2.65. The van der Waals surface area contributed by atoms with Crippen molar-refractivity contribution in [2.45, 2.75) is 44.6 Å². The molecule has 2 aromatic rings. The van der Waals surface area contributed by atoms with Gasteiger partial charge in [0.05, 0.1) is 5.75 Å². The summed E-state index contributed by atoms with van der Waals surface area (Å²) in [5.74, 6) is 0.0720. The molecule has 1 aromatic heterocycles. The van der Waals surface area contributed by atoms with Gasteiger partial charge in [-0.2, -0.15) is 0 Å². The zero-order valence-electron chi connectivity index (χ0n) is 15.4. The lowest BCUT2D eigenvalue weighted by Crippen LogP contribution is -2.34. The highest BCUT2D eigenvalue weighted by atomic mass is 35.5. The number of benzene rings is 1. The molecular formula is C17H21ClN4O4S. The molecule has 2 N–H and O–H groups in total. The molecule has 1 atom stereocenters. The number of amides is 2. The molecule has 0 saturated carbocycles. The van der Waals surface area contributed by atoms with Gasteiger partial charge >= 0.3 is 6.09 Å². The Bertz CT molecular complexity index is 806. The molecule has 1 heterocycles. The van der Waals surface area contributed by atoms with E-state index in [1.807, 2.05) is 0 Å². The number of anilines is 1. The number of hydrogen-bond acceptors (Lipinski definition) is 7. The number of nitrogens with one attached hydrogen (secondary N) is 2. The Morgan fingerprint density at radius 3 is 2.74 bits per heavy atom. The summed E-state index contributed by atoms with van der Waals surface area (Å²) < 4.78 is 10.6. The Balaban J connectivity index is 1.83. The Labute approximate surface area is 166 Å². The third-order valence-electron chi connectivity index (χ3n) is 2.96. The number of thioether (sulfide) groups is 1. The Morgan fingerprint density at radius 2 is 2.07 bits per heavy atom. The second-order valence-electron chi connectivity index (χ2n) is 6.62. The van der Waals surface area contributed by atoms with Crippen molar-refractivity contribution in [1.82, 2.24) is 15.5 Å². The van der Waals surface area contributed by atoms with Crippen molar-refractivity contribution in [3.63, 3.8) is 0 Å². The smallest absolute Gasteiger partial charge is 0.408 e. The van der Waals surface area contributed by atoms with Crippen LogP contribution in [0.25, 0.3) is 0 Å². The predicted octanol–water partition coefficient (Wildman–Crippen LogP) is 4.04. The van der Waals surface area contributed by atoms with Gasteiger partial charge in [-0.25, -0.2) is 4.79 Å². The first-order valence-corrected chi connectivity index (χ1v) is 9.50. The van der Waals surface area contributed by atoms with Crippen LogP contribution in [0.3, 0.4) is 0 Å². The van der Waals surface area contributed by atoms with Gasteiger partial charge in [0.25, 0.3) is 5.22 Å². The number of ether oxygens (including phenoxy) is 1. The van der Waals surface area contributed by atoms with E-state index in [0.29, 0.717) is 10.7 Å². The van der Waals surface area contributed by atoms with E-state index in [4.69, 9.17) is 20.8 Å². The highest BCUT2D eigenvalue weighted by Crippen LogP contribution is 2.21. The molecule has 0 aliphatic carbocycles. The largest absolute Gasteiger partial charge is 0.444 e. The first-order valence-electron chi connectivity index (χ1n) is 8.13. The minimum Gasteiger partial charge on any atom is -0.444 e. The highest BCUT2D eigenvalue weighted by molar-refractivity contribution is 7.99. The second-order valence-corrected chi connectivity index (χ2v) is 7.98. The average molecular weight is 413 g/mol. The number of hydrogen-bond donors (Lipinski definition) is 2. The number of aromatic nitrogens is 2. The SMILES string of the molecule is CC(NC(=O)OC(C)(C)C)c1nnc(SCC(=O)Nc2cccc(Cl)c2)o1. The maximum absolute atomic E-state index is 12.0. The molecule has 1 aromatic carbocycles. The molecule has 146 valence electrons. The van der Waals surface area contributed by atoms with E-state index < -0.39 is 17.7 Å². The van der Waals surface area contributed by atoms with Gasteiger partial charge in [0, 0.05) is 10.7 Å². The van der Waals surface area contributed by atoms with Crippen molar-refractivity contribution in [2.75, 3.05) is 11.1 Å². The molecule has 0 fully saturated rings. The van der Waals surface area contributed by atoms with E-state index in [2.05, 4.69) is 20.8 Å². The molecule has 27 heavy (non-hydrogen) atoms. The van der Waals surface area contributed by atoms with Gasteiger partial charge in [0.1, 0.15) is 11.6 Å². The van der Waals surface area contributed by atoms with Gasteiger partial charge in [0.2, 0.25) is 11.8 Å². The molecule has 0 aliphatic heterocycles. The summed E-state index contributed by atoms with van der Waals surface area (Å²) in [5.41, 5.74) is 0.00483. The van der Waals surface area contributed by atoms with Crippen molar-refractivity contribution in [3.05, 3.63) is 35.2 Å². The van der Waals surface area contributed by atoms with Gasteiger partial charge in [0.15, 0.2) is 0 Å². The lowest BCUT2D eigenvalue weighted by molar-refractivity contribution is -0.113. The summed E-state index contributed by atoms with van der Waals surface area (Å²) in [4.78, 5) is 23.7. The zero-order valence-corrected chi connectivity index (χ0v) is 17.0. The van der Waals surface area contributed by atoms with E-state index in [-0.39, 0.29) is 22.8 Å². The molecule has 0 radical (unpaired) electrons. The Kier molecular flexibility index (Phi) is 7.09. The summed E-state index contributed by atoms with van der Waals surface area (Å²) >= 11 is 6.97. The van der Waals surface area contributed by atoms with Gasteiger partial charge < -0.3 is 19.8 Å². The normalized spacial score (nSPS) is 12.3. The van der Waals surface area contributed by atoms with Crippen LogP contribution in [0.1, 0.15) is 39.6 Å². The van der Waals surface area contributed by atoms with Crippen LogP contribution >= 0.6 is 23.4 Å². The number of rotatable bonds is 6. The van der Waals surface area contributed by atoms with Crippen LogP contribution < -0.4 is 10.6 Å². The topological polar surface area (TPSA) is 106 Å². The zero-order chi connectivity index (χ0) is 20.0. The van der Waals surface area contributed by atoms with Crippen LogP contribution in [-0.4, -0.2) is 33.6 Å². The number of nitrogens with zero attached hydrogens (tertiary/aromatic N) is 2. The lowest BCUT2D eigenvalue weighted by Gasteiger charge is -2.20. The summed E-state index contributed by atoms with van der Waals surface area (Å²) in [6.07, 6.45) is -0.580. The summed E-state index contributed by atoms with van der Waals surface area (Å²) in [6, 6.07) is 6.33. The van der Waals surface area contributed by atoms with E-state index in [9.17, 15) is 9.59 Å². The minimum atomic E-state index is -0.601. The van der Waals surface area contributed by atoms with Crippen LogP contribution in [0.15, 0.2) is 33.9 Å². The number of alkyl carbamates (subject to hydrolysis) is 1. The molecule has 0 bridgehead atoms. The van der Waals surface area contributed by atoms with Crippen molar-refractivity contribution in [1.29, 1.82) is 0 Å². The molecule has 10 heteroatoms. The molecule has 8 nitrogen and oxygen atoms in total. The third kappa shape index (κ3) is 7.48. The van der Waals surface area contributed by atoms with E-state index >= 15 is 0 Å². The number of carbonyl (C=O) groups excluding carboxylic acids is 2. The van der Waals surface area contributed by atoms with Gasteiger partial charge in [-0.3, -0.25) is 4.79 Å². The number of halogens is 1. The maximum atomic E-state index is 12.0.